The maximum Gasteiger partial charge on any atom is 0.265 e. The topological polar surface area (TPSA) is 37.4 Å². The molecule has 0 spiro atoms. The van der Waals surface area contributed by atoms with Crippen molar-refractivity contribution >= 4 is 29.1 Å². The van der Waals surface area contributed by atoms with Crippen LogP contribution < -0.4 is 4.90 Å². The van der Waals surface area contributed by atoms with E-state index in [-0.39, 0.29) is 17.7 Å². The number of fused-ring (bicyclic) bond motifs is 1. The van der Waals surface area contributed by atoms with Crippen molar-refractivity contribution in [3.05, 3.63) is 64.7 Å². The summed E-state index contributed by atoms with van der Waals surface area (Å²) in [5.41, 5.74) is 1.76. The molecule has 0 saturated heterocycles. The van der Waals surface area contributed by atoms with Crippen LogP contribution in [0, 0.1) is 0 Å². The molecule has 3 rings (SSSR count). The molecule has 1 heterocycles. The third-order valence-electron chi connectivity index (χ3n) is 3.54. The molecule has 1 aliphatic rings. The Morgan fingerprint density at radius 1 is 1.00 bits per heavy atom. The fourth-order valence-corrected chi connectivity index (χ4v) is 2.70. The van der Waals surface area contributed by atoms with Gasteiger partial charge in [0.2, 0.25) is 5.91 Å². The zero-order valence-corrected chi connectivity index (χ0v) is 11.6. The van der Waals surface area contributed by atoms with Crippen molar-refractivity contribution in [1.82, 2.24) is 0 Å². The van der Waals surface area contributed by atoms with Crippen LogP contribution in [-0.2, 0) is 4.79 Å². The van der Waals surface area contributed by atoms with Crippen molar-refractivity contribution < 1.29 is 9.59 Å². The second-order valence-corrected chi connectivity index (χ2v) is 5.15. The molecule has 4 heteroatoms. The Morgan fingerprint density at radius 3 is 2.40 bits per heavy atom. The third kappa shape index (κ3) is 1.82. The smallest absolute Gasteiger partial charge is 0.265 e. The molecule has 0 aromatic heterocycles. The first-order valence-electron chi connectivity index (χ1n) is 6.33. The molecule has 0 aliphatic carbocycles. The first-order chi connectivity index (χ1) is 9.61. The van der Waals surface area contributed by atoms with Gasteiger partial charge in [0.15, 0.2) is 0 Å². The van der Waals surface area contributed by atoms with Gasteiger partial charge in [-0.15, -0.1) is 0 Å². The monoisotopic (exact) mass is 285 g/mol. The van der Waals surface area contributed by atoms with Crippen LogP contribution in [0.1, 0.15) is 28.8 Å². The summed E-state index contributed by atoms with van der Waals surface area (Å²) in [5.74, 6) is -0.932. The molecule has 1 atom stereocenters. The van der Waals surface area contributed by atoms with Gasteiger partial charge >= 0.3 is 0 Å². The number of para-hydroxylation sites is 1. The van der Waals surface area contributed by atoms with Crippen LogP contribution in [0.15, 0.2) is 48.5 Å². The van der Waals surface area contributed by atoms with E-state index in [9.17, 15) is 9.59 Å². The van der Waals surface area contributed by atoms with Crippen molar-refractivity contribution in [1.29, 1.82) is 0 Å². The predicted octanol–water partition coefficient (Wildman–Crippen LogP) is 3.63. The fourth-order valence-electron chi connectivity index (χ4n) is 2.48. The number of carbonyl (C=O) groups excluding carboxylic acids is 2. The lowest BCUT2D eigenvalue weighted by Crippen LogP contribution is -2.44. The summed E-state index contributed by atoms with van der Waals surface area (Å²) in [4.78, 5) is 26.2. The number of rotatable bonds is 1. The molecule has 1 aliphatic heterocycles. The van der Waals surface area contributed by atoms with Crippen LogP contribution in [0.2, 0.25) is 5.02 Å². The van der Waals surface area contributed by atoms with Crippen LogP contribution in [0.3, 0.4) is 0 Å². The average molecular weight is 286 g/mol. The summed E-state index contributed by atoms with van der Waals surface area (Å²) in [6, 6.07) is 14.1. The first-order valence-corrected chi connectivity index (χ1v) is 6.71. The van der Waals surface area contributed by atoms with Crippen molar-refractivity contribution in [2.24, 2.45) is 0 Å². The van der Waals surface area contributed by atoms with Crippen LogP contribution in [0.25, 0.3) is 0 Å². The second kappa shape index (κ2) is 4.76. The van der Waals surface area contributed by atoms with Gasteiger partial charge in [0, 0.05) is 5.56 Å². The Kier molecular flexibility index (Phi) is 3.07. The molecule has 0 bridgehead atoms. The molecule has 2 amide bonds. The number of benzene rings is 2. The number of amides is 2. The minimum Gasteiger partial charge on any atom is -0.273 e. The van der Waals surface area contributed by atoms with E-state index < -0.39 is 0 Å². The van der Waals surface area contributed by atoms with Gasteiger partial charge in [0.05, 0.1) is 16.6 Å². The van der Waals surface area contributed by atoms with Crippen molar-refractivity contribution in [2.45, 2.75) is 12.8 Å². The highest BCUT2D eigenvalue weighted by Gasteiger charge is 2.37. The summed E-state index contributed by atoms with van der Waals surface area (Å²) in [5, 5.41) is 0.390. The molecule has 0 saturated carbocycles. The van der Waals surface area contributed by atoms with Crippen LogP contribution in [0.4, 0.5) is 5.69 Å². The number of imide groups is 1. The number of nitrogens with zero attached hydrogens (tertiary/aromatic N) is 1. The summed E-state index contributed by atoms with van der Waals surface area (Å²) >= 11 is 6.12. The lowest BCUT2D eigenvalue weighted by Gasteiger charge is -2.31. The minimum atomic E-state index is -0.361. The van der Waals surface area contributed by atoms with E-state index in [1.165, 1.54) is 4.90 Å². The zero-order chi connectivity index (χ0) is 14.3. The Bertz CT molecular complexity index is 711. The molecule has 0 N–H and O–H groups in total. The van der Waals surface area contributed by atoms with E-state index in [1.807, 2.05) is 12.1 Å². The molecule has 20 heavy (non-hydrogen) atoms. The quantitative estimate of drug-likeness (QED) is 0.750. The van der Waals surface area contributed by atoms with Gasteiger partial charge in [0.1, 0.15) is 0 Å². The lowest BCUT2D eigenvalue weighted by molar-refractivity contribution is -0.119. The molecule has 0 fully saturated rings. The Labute approximate surface area is 121 Å². The Balaban J connectivity index is 2.18. The van der Waals surface area contributed by atoms with E-state index in [4.69, 9.17) is 11.6 Å². The van der Waals surface area contributed by atoms with Gasteiger partial charge in [-0.3, -0.25) is 9.59 Å². The highest BCUT2D eigenvalue weighted by molar-refractivity contribution is 6.36. The molecule has 3 nitrogen and oxygen atoms in total. The summed E-state index contributed by atoms with van der Waals surface area (Å²) < 4.78 is 0. The molecule has 0 radical (unpaired) electrons. The van der Waals surface area contributed by atoms with Crippen molar-refractivity contribution in [3.8, 4) is 0 Å². The predicted molar refractivity (Wildman–Crippen MR) is 78.1 cm³/mol. The SMILES string of the molecule is CC1C(=O)N(c2ccccc2Cl)C(=O)c2ccccc21. The molecular weight excluding hydrogens is 274 g/mol. The van der Waals surface area contributed by atoms with E-state index in [0.717, 1.165) is 5.56 Å². The van der Waals surface area contributed by atoms with Crippen LogP contribution in [-0.4, -0.2) is 11.8 Å². The molecular formula is C16H12ClNO2. The number of hydrogen-bond donors (Lipinski definition) is 0. The maximum atomic E-state index is 12.6. The van der Waals surface area contributed by atoms with E-state index in [0.29, 0.717) is 16.3 Å². The number of hydrogen-bond acceptors (Lipinski definition) is 2. The largest absolute Gasteiger partial charge is 0.273 e. The summed E-state index contributed by atoms with van der Waals surface area (Å²) in [6.07, 6.45) is 0. The van der Waals surface area contributed by atoms with Gasteiger partial charge in [0.25, 0.3) is 5.91 Å². The van der Waals surface area contributed by atoms with Crippen LogP contribution >= 0.6 is 11.6 Å². The highest BCUT2D eigenvalue weighted by Crippen LogP contribution is 2.35. The molecule has 2 aromatic rings. The van der Waals surface area contributed by atoms with Crippen molar-refractivity contribution in [2.75, 3.05) is 4.90 Å². The number of halogens is 1. The second-order valence-electron chi connectivity index (χ2n) is 4.74. The minimum absolute atomic E-state index is 0.248. The lowest BCUT2D eigenvalue weighted by atomic mass is 9.89. The van der Waals surface area contributed by atoms with E-state index in [2.05, 4.69) is 0 Å². The van der Waals surface area contributed by atoms with Gasteiger partial charge in [-0.1, -0.05) is 41.9 Å². The van der Waals surface area contributed by atoms with Crippen molar-refractivity contribution in [3.63, 3.8) is 0 Å². The molecule has 100 valence electrons. The highest BCUT2D eigenvalue weighted by atomic mass is 35.5. The zero-order valence-electron chi connectivity index (χ0n) is 10.8. The standard InChI is InChI=1S/C16H12ClNO2/c1-10-11-6-2-3-7-12(11)16(20)18(15(10)19)14-9-5-4-8-13(14)17/h2-10H,1H3. The third-order valence-corrected chi connectivity index (χ3v) is 3.86. The van der Waals surface area contributed by atoms with E-state index in [1.54, 1.807) is 43.3 Å². The normalized spacial score (nSPS) is 18.1. The molecule has 2 aromatic carbocycles. The molecule has 1 unspecified atom stereocenters. The first kappa shape index (κ1) is 12.9. The number of anilines is 1. The fraction of sp³-hybridized carbons (Fsp3) is 0.125. The van der Waals surface area contributed by atoms with Gasteiger partial charge < -0.3 is 0 Å². The maximum absolute atomic E-state index is 12.6. The number of carbonyl (C=O) groups is 2. The van der Waals surface area contributed by atoms with Gasteiger partial charge in [-0.25, -0.2) is 4.90 Å². The van der Waals surface area contributed by atoms with Crippen LogP contribution in [0.5, 0.6) is 0 Å². The van der Waals surface area contributed by atoms with Gasteiger partial charge in [-0.05, 0) is 30.7 Å². The average Bonchev–Trinajstić information content (AvgIpc) is 2.47. The Hall–Kier alpha value is -2.13. The Morgan fingerprint density at radius 2 is 1.65 bits per heavy atom. The van der Waals surface area contributed by atoms with E-state index >= 15 is 0 Å². The van der Waals surface area contributed by atoms with Gasteiger partial charge in [-0.2, -0.15) is 0 Å². The summed E-state index contributed by atoms with van der Waals surface area (Å²) in [6.45, 7) is 1.80. The summed E-state index contributed by atoms with van der Waals surface area (Å²) in [7, 11) is 0.